The van der Waals surface area contributed by atoms with Gasteiger partial charge in [0.15, 0.2) is 0 Å². The van der Waals surface area contributed by atoms with Gasteiger partial charge in [0.2, 0.25) is 5.91 Å². The molecule has 0 radical (unpaired) electrons. The number of pyridine rings is 1. The molecule has 2 heterocycles. The van der Waals surface area contributed by atoms with Crippen molar-refractivity contribution in [3.8, 4) is 11.1 Å². The van der Waals surface area contributed by atoms with Crippen LogP contribution in [0.15, 0.2) is 36.7 Å². The summed E-state index contributed by atoms with van der Waals surface area (Å²) in [4.78, 5) is 17.2. The van der Waals surface area contributed by atoms with Crippen molar-refractivity contribution in [2.45, 2.75) is 38.6 Å². The van der Waals surface area contributed by atoms with E-state index in [-0.39, 0.29) is 5.91 Å². The van der Waals surface area contributed by atoms with Crippen LogP contribution < -0.4 is 11.1 Å². The first-order valence-corrected chi connectivity index (χ1v) is 11.2. The number of nitrogens with zero attached hydrogens (tertiary/aromatic N) is 2. The minimum atomic E-state index is 0.0586. The number of benzene rings is 1. The lowest BCUT2D eigenvalue weighted by Crippen LogP contribution is -2.21. The highest BCUT2D eigenvalue weighted by molar-refractivity contribution is 6.36. The molecular formula is C23H24Cl2N4O. The Balaban J connectivity index is 1.44. The van der Waals surface area contributed by atoms with Crippen molar-refractivity contribution in [2.75, 3.05) is 5.32 Å². The quantitative estimate of drug-likeness (QED) is 0.545. The highest BCUT2D eigenvalue weighted by atomic mass is 35.5. The van der Waals surface area contributed by atoms with E-state index in [2.05, 4.69) is 10.3 Å². The summed E-state index contributed by atoms with van der Waals surface area (Å²) in [5.41, 5.74) is 9.40. The minimum Gasteiger partial charge on any atom is -0.326 e. The summed E-state index contributed by atoms with van der Waals surface area (Å²) < 4.78 is 1.89. The average Bonchev–Trinajstić information content (AvgIpc) is 3.43. The number of hydrogen-bond acceptors (Lipinski definition) is 3. The Bertz CT molecular complexity index is 1130. The smallest absolute Gasteiger partial charge is 0.225 e. The van der Waals surface area contributed by atoms with Crippen molar-refractivity contribution in [1.29, 1.82) is 0 Å². The van der Waals surface area contributed by atoms with Gasteiger partial charge in [-0.2, -0.15) is 0 Å². The predicted molar refractivity (Wildman–Crippen MR) is 121 cm³/mol. The van der Waals surface area contributed by atoms with Crippen LogP contribution in [-0.4, -0.2) is 15.3 Å². The summed E-state index contributed by atoms with van der Waals surface area (Å²) in [6, 6.07) is 7.34. The predicted octanol–water partition coefficient (Wildman–Crippen LogP) is 5.53. The van der Waals surface area contributed by atoms with Crippen LogP contribution in [0.4, 0.5) is 5.82 Å². The monoisotopic (exact) mass is 442 g/mol. The number of nitrogens with one attached hydrogen (secondary N) is 1. The fraction of sp³-hybridized carbons (Fsp3) is 0.391. The number of rotatable bonds is 5. The van der Waals surface area contributed by atoms with Crippen LogP contribution in [0.1, 0.15) is 37.7 Å². The molecule has 2 saturated carbocycles. The van der Waals surface area contributed by atoms with Gasteiger partial charge in [-0.1, -0.05) is 35.7 Å². The summed E-state index contributed by atoms with van der Waals surface area (Å²) in [5, 5.41) is 4.20. The van der Waals surface area contributed by atoms with Gasteiger partial charge in [0.25, 0.3) is 0 Å². The first kappa shape index (κ1) is 19.9. The molecule has 2 aliphatic carbocycles. The molecule has 0 spiro atoms. The summed E-state index contributed by atoms with van der Waals surface area (Å²) in [5.74, 6) is 2.81. The highest BCUT2D eigenvalue weighted by Crippen LogP contribution is 2.49. The number of aromatic nitrogens is 2. The van der Waals surface area contributed by atoms with Gasteiger partial charge in [0, 0.05) is 40.3 Å². The van der Waals surface area contributed by atoms with E-state index in [1.54, 1.807) is 18.3 Å². The summed E-state index contributed by atoms with van der Waals surface area (Å²) in [6.45, 7) is 0.351. The lowest BCUT2D eigenvalue weighted by atomic mass is 9.86. The van der Waals surface area contributed by atoms with Gasteiger partial charge in [0.05, 0.1) is 6.20 Å². The van der Waals surface area contributed by atoms with E-state index in [1.807, 2.05) is 22.7 Å². The molecule has 30 heavy (non-hydrogen) atoms. The highest BCUT2D eigenvalue weighted by Gasteiger charge is 2.40. The maximum Gasteiger partial charge on any atom is 0.225 e. The van der Waals surface area contributed by atoms with Gasteiger partial charge in [-0.05, 0) is 60.8 Å². The number of imidazole rings is 1. The maximum absolute atomic E-state index is 12.7. The Morgan fingerprint density at radius 2 is 2.07 bits per heavy atom. The van der Waals surface area contributed by atoms with E-state index in [0.29, 0.717) is 34.7 Å². The van der Waals surface area contributed by atoms with Crippen LogP contribution in [0.3, 0.4) is 0 Å². The lowest BCUT2D eigenvalue weighted by Gasteiger charge is -2.20. The van der Waals surface area contributed by atoms with E-state index in [4.69, 9.17) is 28.9 Å². The average molecular weight is 443 g/mol. The van der Waals surface area contributed by atoms with E-state index in [1.165, 1.54) is 25.7 Å². The summed E-state index contributed by atoms with van der Waals surface area (Å²) >= 11 is 12.5. The molecule has 3 aromatic rings. The number of carbonyl (C=O) groups is 1. The van der Waals surface area contributed by atoms with Gasteiger partial charge in [-0.25, -0.2) is 4.98 Å². The van der Waals surface area contributed by atoms with Crippen molar-refractivity contribution >= 4 is 40.6 Å². The second kappa shape index (κ2) is 7.88. The first-order chi connectivity index (χ1) is 14.5. The molecule has 7 heteroatoms. The second-order valence-corrected chi connectivity index (χ2v) is 9.44. The molecule has 5 rings (SSSR count). The molecular weight excluding hydrogens is 419 g/mol. The van der Waals surface area contributed by atoms with Gasteiger partial charge in [0.1, 0.15) is 11.5 Å². The molecule has 3 atom stereocenters. The Hall–Kier alpha value is -2.08. The molecule has 156 valence electrons. The first-order valence-electron chi connectivity index (χ1n) is 10.5. The largest absolute Gasteiger partial charge is 0.326 e. The van der Waals surface area contributed by atoms with Crippen LogP contribution >= 0.6 is 23.2 Å². The third kappa shape index (κ3) is 3.59. The van der Waals surface area contributed by atoms with Crippen molar-refractivity contribution < 1.29 is 4.79 Å². The SMILES string of the molecule is NCc1cc2ncc(NC(=O)CC3CC4CCC3C4)n2cc1-c1ccc(Cl)cc1Cl. The number of carbonyl (C=O) groups excluding carboxylic acids is 1. The lowest BCUT2D eigenvalue weighted by molar-refractivity contribution is -0.117. The van der Waals surface area contributed by atoms with Gasteiger partial charge in [-0.3, -0.25) is 9.20 Å². The Morgan fingerprint density at radius 3 is 2.77 bits per heavy atom. The van der Waals surface area contributed by atoms with Crippen molar-refractivity contribution in [3.63, 3.8) is 0 Å². The molecule has 2 aliphatic rings. The van der Waals surface area contributed by atoms with Crippen LogP contribution in [-0.2, 0) is 11.3 Å². The number of hydrogen-bond donors (Lipinski definition) is 2. The number of amides is 1. The second-order valence-electron chi connectivity index (χ2n) is 8.60. The summed E-state index contributed by atoms with van der Waals surface area (Å²) in [6.07, 6.45) is 9.35. The number of fused-ring (bicyclic) bond motifs is 3. The zero-order chi connectivity index (χ0) is 20.8. The van der Waals surface area contributed by atoms with Crippen molar-refractivity contribution in [1.82, 2.24) is 9.38 Å². The fourth-order valence-electron chi connectivity index (χ4n) is 5.33. The van der Waals surface area contributed by atoms with E-state index < -0.39 is 0 Å². The van der Waals surface area contributed by atoms with Gasteiger partial charge in [-0.15, -0.1) is 0 Å². The number of anilines is 1. The molecule has 1 aromatic carbocycles. The molecule has 2 aromatic heterocycles. The zero-order valence-corrected chi connectivity index (χ0v) is 18.1. The molecule has 5 nitrogen and oxygen atoms in total. The molecule has 3 unspecified atom stereocenters. The maximum atomic E-state index is 12.7. The van der Waals surface area contributed by atoms with Crippen molar-refractivity contribution in [2.24, 2.45) is 23.5 Å². The minimum absolute atomic E-state index is 0.0586. The zero-order valence-electron chi connectivity index (χ0n) is 16.6. The van der Waals surface area contributed by atoms with Crippen molar-refractivity contribution in [3.05, 3.63) is 52.3 Å². The molecule has 2 bridgehead atoms. The van der Waals surface area contributed by atoms with E-state index >= 15 is 0 Å². The van der Waals surface area contributed by atoms with Crippen LogP contribution in [0, 0.1) is 17.8 Å². The van der Waals surface area contributed by atoms with Crippen LogP contribution in [0.25, 0.3) is 16.8 Å². The Kier molecular flexibility index (Phi) is 5.21. The van der Waals surface area contributed by atoms with E-state index in [9.17, 15) is 4.79 Å². The molecule has 2 fully saturated rings. The third-order valence-electron chi connectivity index (χ3n) is 6.77. The number of nitrogens with two attached hydrogens (primary N) is 1. The topological polar surface area (TPSA) is 72.4 Å². The van der Waals surface area contributed by atoms with Gasteiger partial charge < -0.3 is 11.1 Å². The van der Waals surface area contributed by atoms with Crippen LogP contribution in [0.2, 0.25) is 10.0 Å². The normalized spacial score (nSPS) is 22.7. The third-order valence-corrected chi connectivity index (χ3v) is 7.32. The molecule has 0 saturated heterocycles. The molecule has 3 N–H and O–H groups in total. The molecule has 1 amide bonds. The Morgan fingerprint density at radius 1 is 1.20 bits per heavy atom. The standard InChI is InChI=1S/C23H24Cl2N4O/c24-17-3-4-18(20(25)9-17)19-12-29-21(7-16(19)10-26)27-11-22(29)28-23(30)8-15-6-13-1-2-14(15)5-13/h3-4,7,9,11-15H,1-2,5-6,8,10,26H2,(H,28,30). The van der Waals surface area contributed by atoms with E-state index in [0.717, 1.165) is 34.2 Å². The van der Waals surface area contributed by atoms with Gasteiger partial charge >= 0.3 is 0 Å². The summed E-state index contributed by atoms with van der Waals surface area (Å²) in [7, 11) is 0. The fourth-order valence-corrected chi connectivity index (χ4v) is 5.84. The number of halogens is 2. The molecule has 0 aliphatic heterocycles. The van der Waals surface area contributed by atoms with Crippen LogP contribution in [0.5, 0.6) is 0 Å². The Labute approximate surface area is 185 Å².